The maximum Gasteiger partial charge on any atom is 0.213 e. The first-order chi connectivity index (χ1) is 9.66. The largest absolute Gasteiger partial charge is 0.461 e. The van der Waals surface area contributed by atoms with E-state index in [1.807, 2.05) is 12.1 Å². The maximum atomic E-state index is 10.9. The summed E-state index contributed by atoms with van der Waals surface area (Å²) in [5.74, 6) is 0.0465. The van der Waals surface area contributed by atoms with Crippen molar-refractivity contribution in [2.24, 2.45) is 5.92 Å². The molecule has 0 amide bonds. The first-order valence-corrected chi connectivity index (χ1v) is 7.26. The fourth-order valence-corrected chi connectivity index (χ4v) is 3.54. The van der Waals surface area contributed by atoms with Crippen LogP contribution in [0.15, 0.2) is 36.4 Å². The number of nitrogens with zero attached hydrogens (tertiary/aromatic N) is 1. The van der Waals surface area contributed by atoms with E-state index >= 15 is 0 Å². The minimum atomic E-state index is -0.996. The predicted octanol–water partition coefficient (Wildman–Crippen LogP) is 2.42. The summed E-state index contributed by atoms with van der Waals surface area (Å²) in [6.07, 6.45) is 1.57. The van der Waals surface area contributed by atoms with Gasteiger partial charge >= 0.3 is 0 Å². The Morgan fingerprint density at radius 3 is 3.00 bits per heavy atom. The van der Waals surface area contributed by atoms with Crippen LogP contribution in [0.4, 0.5) is 0 Å². The standard InChI is InChI=1S/C17H19NO2/c1-18-9-8-17(19)14(11-18)10-13-7-6-12-4-2-3-5-15(12)16(13)20-17/h2-7,14,19H,8-11H2,1H3/t14-,17-/m0/s1. The number of aliphatic hydroxyl groups is 1. The molecule has 2 heterocycles. The Labute approximate surface area is 118 Å². The number of likely N-dealkylation sites (tertiary alicyclic amines) is 1. The zero-order chi connectivity index (χ0) is 13.7. The van der Waals surface area contributed by atoms with Crippen molar-refractivity contribution in [3.05, 3.63) is 42.0 Å². The molecule has 1 fully saturated rings. The van der Waals surface area contributed by atoms with Crippen LogP contribution < -0.4 is 4.74 Å². The predicted molar refractivity (Wildman–Crippen MR) is 78.8 cm³/mol. The van der Waals surface area contributed by atoms with E-state index in [-0.39, 0.29) is 5.92 Å². The van der Waals surface area contributed by atoms with Gasteiger partial charge < -0.3 is 14.7 Å². The summed E-state index contributed by atoms with van der Waals surface area (Å²) in [7, 11) is 2.11. The molecular weight excluding hydrogens is 250 g/mol. The van der Waals surface area contributed by atoms with Gasteiger partial charge in [0.15, 0.2) is 0 Å². The molecule has 2 aliphatic heterocycles. The van der Waals surface area contributed by atoms with E-state index in [1.54, 1.807) is 0 Å². The number of rotatable bonds is 0. The lowest BCUT2D eigenvalue weighted by molar-refractivity contribution is -0.211. The summed E-state index contributed by atoms with van der Waals surface area (Å²) < 4.78 is 6.11. The van der Waals surface area contributed by atoms with Crippen molar-refractivity contribution in [1.29, 1.82) is 0 Å². The van der Waals surface area contributed by atoms with Gasteiger partial charge in [-0.2, -0.15) is 0 Å². The van der Waals surface area contributed by atoms with Crippen molar-refractivity contribution in [2.75, 3.05) is 20.1 Å². The molecule has 1 saturated heterocycles. The Balaban J connectivity index is 1.84. The van der Waals surface area contributed by atoms with Gasteiger partial charge in [0.25, 0.3) is 0 Å². The Morgan fingerprint density at radius 2 is 2.10 bits per heavy atom. The van der Waals surface area contributed by atoms with Gasteiger partial charge in [0.1, 0.15) is 5.75 Å². The van der Waals surface area contributed by atoms with Crippen molar-refractivity contribution in [2.45, 2.75) is 18.6 Å². The quantitative estimate of drug-likeness (QED) is 0.797. The lowest BCUT2D eigenvalue weighted by Gasteiger charge is -2.46. The first kappa shape index (κ1) is 12.2. The summed E-state index contributed by atoms with van der Waals surface area (Å²) in [5.41, 5.74) is 1.22. The zero-order valence-corrected chi connectivity index (χ0v) is 11.7. The SMILES string of the molecule is CN1CC[C@]2(O)Oc3c(ccc4ccccc34)C[C@H]2C1. The summed E-state index contributed by atoms with van der Waals surface area (Å²) in [5, 5.41) is 13.1. The van der Waals surface area contributed by atoms with Crippen LogP contribution in [-0.4, -0.2) is 35.9 Å². The molecule has 0 spiro atoms. The van der Waals surface area contributed by atoms with E-state index in [9.17, 15) is 5.11 Å². The number of ether oxygens (including phenoxy) is 1. The molecule has 0 radical (unpaired) electrons. The third-order valence-electron chi connectivity index (χ3n) is 4.73. The molecule has 2 atom stereocenters. The van der Waals surface area contributed by atoms with Crippen molar-refractivity contribution >= 4 is 10.8 Å². The van der Waals surface area contributed by atoms with E-state index in [1.165, 1.54) is 10.9 Å². The molecule has 2 aliphatic rings. The summed E-state index contributed by atoms with van der Waals surface area (Å²) in [4.78, 5) is 2.27. The molecule has 2 aromatic carbocycles. The molecule has 104 valence electrons. The van der Waals surface area contributed by atoms with Crippen molar-refractivity contribution in [3.8, 4) is 5.75 Å². The van der Waals surface area contributed by atoms with Crippen LogP contribution in [0, 0.1) is 5.92 Å². The molecule has 4 rings (SSSR count). The van der Waals surface area contributed by atoms with Gasteiger partial charge in [0.2, 0.25) is 5.79 Å². The van der Waals surface area contributed by atoms with Crippen molar-refractivity contribution < 1.29 is 9.84 Å². The summed E-state index contributed by atoms with van der Waals surface area (Å²) in [6, 6.07) is 12.5. The lowest BCUT2D eigenvalue weighted by atomic mass is 9.82. The fraction of sp³-hybridized carbons (Fsp3) is 0.412. The highest BCUT2D eigenvalue weighted by atomic mass is 16.6. The molecule has 3 heteroatoms. The topological polar surface area (TPSA) is 32.7 Å². The monoisotopic (exact) mass is 269 g/mol. The first-order valence-electron chi connectivity index (χ1n) is 7.26. The van der Waals surface area contributed by atoms with Crippen LogP contribution in [-0.2, 0) is 6.42 Å². The van der Waals surface area contributed by atoms with Crippen molar-refractivity contribution in [3.63, 3.8) is 0 Å². The van der Waals surface area contributed by atoms with Gasteiger partial charge in [-0.25, -0.2) is 0 Å². The summed E-state index contributed by atoms with van der Waals surface area (Å²) >= 11 is 0. The van der Waals surface area contributed by atoms with E-state index < -0.39 is 5.79 Å². The van der Waals surface area contributed by atoms with Crippen LogP contribution in [0.25, 0.3) is 10.8 Å². The second-order valence-electron chi connectivity index (χ2n) is 6.14. The highest BCUT2D eigenvalue weighted by Gasteiger charge is 2.46. The number of hydrogen-bond acceptors (Lipinski definition) is 3. The second-order valence-corrected chi connectivity index (χ2v) is 6.14. The molecule has 0 aromatic heterocycles. The molecule has 0 aliphatic carbocycles. The van der Waals surface area contributed by atoms with Gasteiger partial charge in [0.05, 0.1) is 0 Å². The summed E-state index contributed by atoms with van der Waals surface area (Å²) in [6.45, 7) is 1.77. The highest BCUT2D eigenvalue weighted by Crippen LogP contribution is 2.43. The minimum Gasteiger partial charge on any atom is -0.461 e. The lowest BCUT2D eigenvalue weighted by Crippen LogP contribution is -2.56. The maximum absolute atomic E-state index is 10.9. The van der Waals surface area contributed by atoms with E-state index in [4.69, 9.17) is 4.74 Å². The van der Waals surface area contributed by atoms with E-state index in [0.29, 0.717) is 6.42 Å². The van der Waals surface area contributed by atoms with Crippen molar-refractivity contribution in [1.82, 2.24) is 4.90 Å². The molecule has 0 saturated carbocycles. The Morgan fingerprint density at radius 1 is 1.25 bits per heavy atom. The fourth-order valence-electron chi connectivity index (χ4n) is 3.54. The number of benzene rings is 2. The normalized spacial score (nSPS) is 29.6. The second kappa shape index (κ2) is 4.21. The van der Waals surface area contributed by atoms with Crippen LogP contribution in [0.1, 0.15) is 12.0 Å². The van der Waals surface area contributed by atoms with Gasteiger partial charge in [0, 0.05) is 30.8 Å². The molecule has 3 nitrogen and oxygen atoms in total. The smallest absolute Gasteiger partial charge is 0.213 e. The third kappa shape index (κ3) is 1.74. The Bertz CT molecular complexity index is 669. The number of piperidine rings is 1. The van der Waals surface area contributed by atoms with Gasteiger partial charge in [-0.05, 0) is 24.4 Å². The molecule has 0 unspecified atom stereocenters. The molecular formula is C17H19NO2. The Hall–Kier alpha value is -1.58. The van der Waals surface area contributed by atoms with Crippen LogP contribution in [0.3, 0.4) is 0 Å². The molecule has 0 bridgehead atoms. The van der Waals surface area contributed by atoms with Gasteiger partial charge in [-0.1, -0.05) is 36.4 Å². The average Bonchev–Trinajstić information content (AvgIpc) is 2.46. The van der Waals surface area contributed by atoms with Crippen LogP contribution >= 0.6 is 0 Å². The Kier molecular flexibility index (Phi) is 2.56. The third-order valence-corrected chi connectivity index (χ3v) is 4.73. The van der Waals surface area contributed by atoms with Gasteiger partial charge in [-0.3, -0.25) is 0 Å². The molecule has 1 N–H and O–H groups in total. The highest BCUT2D eigenvalue weighted by molar-refractivity contribution is 5.89. The van der Waals surface area contributed by atoms with Crippen LogP contribution in [0.5, 0.6) is 5.75 Å². The van der Waals surface area contributed by atoms with E-state index in [0.717, 1.165) is 30.6 Å². The van der Waals surface area contributed by atoms with Gasteiger partial charge in [-0.15, -0.1) is 0 Å². The zero-order valence-electron chi connectivity index (χ0n) is 11.7. The number of hydrogen-bond donors (Lipinski definition) is 1. The molecule has 2 aromatic rings. The average molecular weight is 269 g/mol. The van der Waals surface area contributed by atoms with Crippen LogP contribution in [0.2, 0.25) is 0 Å². The number of fused-ring (bicyclic) bond motifs is 4. The van der Waals surface area contributed by atoms with E-state index in [2.05, 4.69) is 36.2 Å². The minimum absolute atomic E-state index is 0.162. The molecule has 20 heavy (non-hydrogen) atoms.